The largest absolute Gasteiger partial charge is 0.461 e. The Hall–Kier alpha value is -2.36. The molecule has 1 aromatic carbocycles. The second-order valence-electron chi connectivity index (χ2n) is 6.77. The van der Waals surface area contributed by atoms with Crippen molar-refractivity contribution in [2.75, 3.05) is 20.1 Å². The quantitative estimate of drug-likeness (QED) is 0.325. The first-order valence-corrected chi connectivity index (χ1v) is 9.26. The Morgan fingerprint density at radius 1 is 1.29 bits per heavy atom. The summed E-state index contributed by atoms with van der Waals surface area (Å²) in [7, 11) is 1.82. The molecule has 148 valence electrons. The van der Waals surface area contributed by atoms with E-state index in [1.54, 1.807) is 6.26 Å². The fourth-order valence-electron chi connectivity index (χ4n) is 3.52. The normalized spacial score (nSPS) is 16.8. The Bertz CT molecular complexity index is 877. The van der Waals surface area contributed by atoms with Crippen LogP contribution in [0.2, 0.25) is 0 Å². The molecule has 2 N–H and O–H groups in total. The van der Waals surface area contributed by atoms with Crippen LogP contribution in [-0.2, 0) is 13.0 Å². The lowest BCUT2D eigenvalue weighted by Gasteiger charge is -2.21. The molecule has 0 amide bonds. The summed E-state index contributed by atoms with van der Waals surface area (Å²) in [6.45, 7) is 2.58. The lowest BCUT2D eigenvalue weighted by atomic mass is 9.99. The van der Waals surface area contributed by atoms with Gasteiger partial charge in [0.25, 0.3) is 0 Å². The highest BCUT2D eigenvalue weighted by Gasteiger charge is 2.25. The van der Waals surface area contributed by atoms with Gasteiger partial charge in [-0.3, -0.25) is 10.1 Å². The van der Waals surface area contributed by atoms with Gasteiger partial charge in [-0.25, -0.2) is 4.98 Å². The van der Waals surface area contributed by atoms with E-state index < -0.39 is 0 Å². The molecule has 1 aliphatic heterocycles. The average Bonchev–Trinajstić information content (AvgIpc) is 3.45. The van der Waals surface area contributed by atoms with Crippen molar-refractivity contribution >= 4 is 29.9 Å². The lowest BCUT2D eigenvalue weighted by molar-refractivity contribution is 0.459. The Morgan fingerprint density at radius 2 is 2.14 bits per heavy atom. The van der Waals surface area contributed by atoms with Gasteiger partial charge >= 0.3 is 0 Å². The number of rotatable bonds is 5. The Kier molecular flexibility index (Phi) is 7.07. The van der Waals surface area contributed by atoms with Crippen LogP contribution in [0.15, 0.2) is 58.1 Å². The number of aliphatic imine (C=N–C) groups is 1. The molecule has 1 unspecified atom stereocenters. The number of aromatic amines is 1. The van der Waals surface area contributed by atoms with Crippen molar-refractivity contribution in [3.63, 3.8) is 0 Å². The number of H-pyrrole nitrogens is 1. The smallest absolute Gasteiger partial charge is 0.216 e. The zero-order valence-corrected chi connectivity index (χ0v) is 18.2. The zero-order valence-electron chi connectivity index (χ0n) is 15.8. The molecule has 1 atom stereocenters. The second-order valence-corrected chi connectivity index (χ2v) is 6.77. The van der Waals surface area contributed by atoms with E-state index in [0.29, 0.717) is 24.0 Å². The van der Waals surface area contributed by atoms with Crippen LogP contribution in [-0.4, -0.2) is 46.2 Å². The molecule has 1 aliphatic rings. The van der Waals surface area contributed by atoms with Crippen LogP contribution in [0.4, 0.5) is 0 Å². The third-order valence-electron chi connectivity index (χ3n) is 4.85. The molecule has 3 aromatic rings. The van der Waals surface area contributed by atoms with E-state index in [1.165, 1.54) is 12.0 Å². The number of halogens is 1. The molecule has 1 saturated heterocycles. The van der Waals surface area contributed by atoms with Crippen LogP contribution >= 0.6 is 24.0 Å². The first kappa shape index (κ1) is 20.4. The van der Waals surface area contributed by atoms with Crippen LogP contribution in [0.3, 0.4) is 0 Å². The van der Waals surface area contributed by atoms with Crippen molar-refractivity contribution in [3.8, 4) is 11.6 Å². The number of furan rings is 1. The molecule has 1 fully saturated rings. The third kappa shape index (κ3) is 4.92. The van der Waals surface area contributed by atoms with Gasteiger partial charge in [-0.1, -0.05) is 30.3 Å². The Labute approximate surface area is 181 Å². The van der Waals surface area contributed by atoms with Crippen molar-refractivity contribution in [2.45, 2.75) is 19.4 Å². The number of hydrogen-bond donors (Lipinski definition) is 2. The minimum Gasteiger partial charge on any atom is -0.461 e. The minimum atomic E-state index is 0. The molecular weight excluding hydrogens is 467 g/mol. The molecule has 0 radical (unpaired) electrons. The molecule has 8 heteroatoms. The van der Waals surface area contributed by atoms with Gasteiger partial charge in [0.2, 0.25) is 5.82 Å². The van der Waals surface area contributed by atoms with Crippen molar-refractivity contribution in [2.24, 2.45) is 10.9 Å². The number of nitrogens with zero attached hydrogens (tertiary/aromatic N) is 4. The summed E-state index contributed by atoms with van der Waals surface area (Å²) in [5, 5.41) is 10.5. The molecule has 0 aliphatic carbocycles. The highest BCUT2D eigenvalue weighted by Crippen LogP contribution is 2.21. The second kappa shape index (κ2) is 9.72. The number of likely N-dealkylation sites (tertiary alicyclic amines) is 1. The zero-order chi connectivity index (χ0) is 18.5. The number of guanidine groups is 1. The topological polar surface area (TPSA) is 82.3 Å². The summed E-state index contributed by atoms with van der Waals surface area (Å²) < 4.78 is 5.32. The number of nitrogens with one attached hydrogen (secondary N) is 2. The van der Waals surface area contributed by atoms with Crippen molar-refractivity contribution in [1.82, 2.24) is 25.4 Å². The van der Waals surface area contributed by atoms with E-state index >= 15 is 0 Å². The summed E-state index contributed by atoms with van der Waals surface area (Å²) in [5.41, 5.74) is 1.40. The van der Waals surface area contributed by atoms with Gasteiger partial charge in [-0.05, 0) is 36.5 Å². The van der Waals surface area contributed by atoms with Gasteiger partial charge in [0, 0.05) is 20.1 Å². The predicted molar refractivity (Wildman–Crippen MR) is 120 cm³/mol. The van der Waals surface area contributed by atoms with Gasteiger partial charge in [-0.15, -0.1) is 29.1 Å². The van der Waals surface area contributed by atoms with Gasteiger partial charge in [0.05, 0.1) is 12.8 Å². The van der Waals surface area contributed by atoms with Crippen LogP contribution in [0.1, 0.15) is 17.8 Å². The Morgan fingerprint density at radius 3 is 2.89 bits per heavy atom. The van der Waals surface area contributed by atoms with Crippen molar-refractivity contribution in [3.05, 3.63) is 60.1 Å². The molecule has 28 heavy (non-hydrogen) atoms. The molecule has 0 saturated carbocycles. The maximum atomic E-state index is 5.32. The van der Waals surface area contributed by atoms with E-state index in [9.17, 15) is 0 Å². The summed E-state index contributed by atoms with van der Waals surface area (Å²) in [6, 6.07) is 14.4. The van der Waals surface area contributed by atoms with E-state index in [1.807, 2.05) is 19.2 Å². The third-order valence-corrected chi connectivity index (χ3v) is 4.85. The lowest BCUT2D eigenvalue weighted by Crippen LogP contribution is -2.39. The molecule has 7 nitrogen and oxygen atoms in total. The molecule has 3 heterocycles. The average molecular weight is 492 g/mol. The fourth-order valence-corrected chi connectivity index (χ4v) is 3.52. The van der Waals surface area contributed by atoms with Crippen molar-refractivity contribution in [1.29, 1.82) is 0 Å². The van der Waals surface area contributed by atoms with Crippen LogP contribution in [0.25, 0.3) is 11.6 Å². The number of aromatic nitrogens is 3. The van der Waals surface area contributed by atoms with E-state index in [2.05, 4.69) is 60.7 Å². The summed E-state index contributed by atoms with van der Waals surface area (Å²) in [4.78, 5) is 11.2. The van der Waals surface area contributed by atoms with Gasteiger partial charge in [0.15, 0.2) is 11.7 Å². The maximum absolute atomic E-state index is 5.32. The standard InChI is InChI=1S/C20H24N6O.HI/c1-21-20(22-13-18-23-19(25-24-18)17-8-5-11-27-17)26-10-9-16(14-26)12-15-6-3-2-4-7-15;/h2-8,11,16H,9-10,12-14H2,1H3,(H,21,22)(H,23,24,25);1H. The minimum absolute atomic E-state index is 0. The Balaban J connectivity index is 0.00000225. The van der Waals surface area contributed by atoms with Gasteiger partial charge in [-0.2, -0.15) is 0 Å². The van der Waals surface area contributed by atoms with E-state index in [0.717, 1.165) is 31.3 Å². The van der Waals surface area contributed by atoms with Crippen LogP contribution in [0, 0.1) is 5.92 Å². The molecule has 4 rings (SSSR count). The van der Waals surface area contributed by atoms with Gasteiger partial charge < -0.3 is 14.6 Å². The van der Waals surface area contributed by atoms with Crippen molar-refractivity contribution < 1.29 is 4.42 Å². The first-order valence-electron chi connectivity index (χ1n) is 9.26. The monoisotopic (exact) mass is 492 g/mol. The summed E-state index contributed by atoms with van der Waals surface area (Å²) in [6.07, 6.45) is 3.91. The SMILES string of the molecule is CN=C(NCc1nc(-c2ccco2)n[nH]1)N1CCC(Cc2ccccc2)C1.I. The maximum Gasteiger partial charge on any atom is 0.216 e. The molecule has 0 bridgehead atoms. The highest BCUT2D eigenvalue weighted by molar-refractivity contribution is 14.0. The number of hydrogen-bond acceptors (Lipinski definition) is 4. The summed E-state index contributed by atoms with van der Waals surface area (Å²) >= 11 is 0. The van der Waals surface area contributed by atoms with E-state index in [4.69, 9.17) is 4.42 Å². The number of benzene rings is 1. The van der Waals surface area contributed by atoms with E-state index in [-0.39, 0.29) is 24.0 Å². The summed E-state index contributed by atoms with van der Waals surface area (Å²) in [5.74, 6) is 3.53. The highest BCUT2D eigenvalue weighted by atomic mass is 127. The molecule has 2 aromatic heterocycles. The molecule has 0 spiro atoms. The predicted octanol–water partition coefficient (Wildman–Crippen LogP) is 3.32. The van der Waals surface area contributed by atoms with Crippen LogP contribution in [0.5, 0.6) is 0 Å². The van der Waals surface area contributed by atoms with Crippen LogP contribution < -0.4 is 5.32 Å². The fraction of sp³-hybridized carbons (Fsp3) is 0.350. The molecular formula is C20H25IN6O. The first-order chi connectivity index (χ1) is 13.3. The van der Waals surface area contributed by atoms with Gasteiger partial charge in [0.1, 0.15) is 5.82 Å².